The highest BCUT2D eigenvalue weighted by Gasteiger charge is 2.35. The van der Waals surface area contributed by atoms with Gasteiger partial charge >= 0.3 is 0 Å². The number of amides is 2. The molecule has 0 spiro atoms. The molecule has 2 aliphatic heterocycles. The summed E-state index contributed by atoms with van der Waals surface area (Å²) in [4.78, 5) is 39.6. The summed E-state index contributed by atoms with van der Waals surface area (Å²) < 4.78 is 0. The number of anilines is 1. The molecular formula is C25H41N5O2S. The molecule has 184 valence electrons. The van der Waals surface area contributed by atoms with E-state index in [9.17, 15) is 9.59 Å². The second-order valence-corrected chi connectivity index (χ2v) is 11.4. The van der Waals surface area contributed by atoms with Crippen LogP contribution in [-0.4, -0.2) is 89.4 Å². The Morgan fingerprint density at radius 1 is 1.09 bits per heavy atom. The maximum absolute atomic E-state index is 13.6. The van der Waals surface area contributed by atoms with Crippen molar-refractivity contribution in [2.45, 2.75) is 71.4 Å². The van der Waals surface area contributed by atoms with E-state index in [2.05, 4.69) is 33.5 Å². The average Bonchev–Trinajstić information content (AvgIpc) is 3.33. The zero-order chi connectivity index (χ0) is 23.4. The van der Waals surface area contributed by atoms with E-state index in [1.54, 1.807) is 17.5 Å². The van der Waals surface area contributed by atoms with Crippen molar-refractivity contribution in [3.05, 3.63) is 11.6 Å². The van der Waals surface area contributed by atoms with Gasteiger partial charge in [0.05, 0.1) is 12.6 Å². The molecule has 3 aliphatic rings. The number of thiazole rings is 1. The summed E-state index contributed by atoms with van der Waals surface area (Å²) in [7, 11) is 0. The van der Waals surface area contributed by atoms with Crippen LogP contribution in [0.1, 0.15) is 59.3 Å². The van der Waals surface area contributed by atoms with Gasteiger partial charge in [-0.25, -0.2) is 4.98 Å². The minimum Gasteiger partial charge on any atom is -0.341 e. The van der Waals surface area contributed by atoms with Gasteiger partial charge in [-0.3, -0.25) is 24.3 Å². The average molecular weight is 476 g/mol. The molecule has 4 rings (SSSR count). The molecule has 2 saturated heterocycles. The number of likely N-dealkylation sites (tertiary alicyclic amines) is 1. The first-order valence-corrected chi connectivity index (χ1v) is 13.8. The maximum atomic E-state index is 13.6. The van der Waals surface area contributed by atoms with Gasteiger partial charge in [0.2, 0.25) is 11.8 Å². The molecule has 0 radical (unpaired) electrons. The summed E-state index contributed by atoms with van der Waals surface area (Å²) in [6.07, 6.45) is 8.80. The van der Waals surface area contributed by atoms with Gasteiger partial charge in [-0.1, -0.05) is 33.1 Å². The Labute approximate surface area is 203 Å². The summed E-state index contributed by atoms with van der Waals surface area (Å²) in [5.74, 6) is 1.62. The Bertz CT molecular complexity index is 764. The minimum atomic E-state index is -0.169. The molecule has 0 aromatic carbocycles. The van der Waals surface area contributed by atoms with E-state index in [-0.39, 0.29) is 23.9 Å². The number of carbonyl (C=O) groups is 2. The number of aromatic nitrogens is 1. The first kappa shape index (κ1) is 24.6. The first-order chi connectivity index (χ1) is 15.9. The molecule has 0 N–H and O–H groups in total. The third-order valence-corrected chi connectivity index (χ3v) is 8.47. The summed E-state index contributed by atoms with van der Waals surface area (Å²) in [6.45, 7) is 12.1. The van der Waals surface area contributed by atoms with Crippen LogP contribution in [0.5, 0.6) is 0 Å². The third-order valence-electron chi connectivity index (χ3n) is 7.70. The van der Waals surface area contributed by atoms with Gasteiger partial charge in [-0.05, 0) is 38.0 Å². The van der Waals surface area contributed by atoms with Crippen molar-refractivity contribution in [2.75, 3.05) is 50.7 Å². The fourth-order valence-corrected chi connectivity index (χ4v) is 6.65. The van der Waals surface area contributed by atoms with E-state index in [0.717, 1.165) is 57.2 Å². The molecular weight excluding hydrogens is 434 g/mol. The van der Waals surface area contributed by atoms with Crippen LogP contribution >= 0.6 is 11.3 Å². The van der Waals surface area contributed by atoms with Crippen LogP contribution in [0.4, 0.5) is 5.13 Å². The standard InChI is InChI=1S/C25H41N5O2S/c1-19-15-20(2)17-29(16-19)23(31)18-27-10-12-28(13-11-27)21(3)24(32)30(25-26-9-14-33-25)22-7-5-4-6-8-22/h9,14,19-22H,4-8,10-13,15-18H2,1-3H3/t19-,20-,21-/m1/s1. The van der Waals surface area contributed by atoms with Gasteiger partial charge in [0.25, 0.3) is 0 Å². The topological polar surface area (TPSA) is 60.0 Å². The molecule has 33 heavy (non-hydrogen) atoms. The Balaban J connectivity index is 1.31. The van der Waals surface area contributed by atoms with Gasteiger partial charge in [-0.2, -0.15) is 0 Å². The molecule has 0 unspecified atom stereocenters. The van der Waals surface area contributed by atoms with Gasteiger partial charge in [0.1, 0.15) is 0 Å². The Morgan fingerprint density at radius 3 is 2.36 bits per heavy atom. The zero-order valence-electron chi connectivity index (χ0n) is 20.6. The van der Waals surface area contributed by atoms with Gasteiger partial charge in [0.15, 0.2) is 5.13 Å². The van der Waals surface area contributed by atoms with Gasteiger partial charge in [-0.15, -0.1) is 11.3 Å². The summed E-state index contributed by atoms with van der Waals surface area (Å²) in [6, 6.07) is 0.102. The van der Waals surface area contributed by atoms with Crippen molar-refractivity contribution < 1.29 is 9.59 Å². The Hall–Kier alpha value is -1.51. The van der Waals surface area contributed by atoms with Gasteiger partial charge in [0, 0.05) is 56.9 Å². The maximum Gasteiger partial charge on any atom is 0.246 e. The highest BCUT2D eigenvalue weighted by molar-refractivity contribution is 7.13. The molecule has 3 fully saturated rings. The van der Waals surface area contributed by atoms with E-state index in [1.165, 1.54) is 25.7 Å². The van der Waals surface area contributed by atoms with Crippen molar-refractivity contribution in [2.24, 2.45) is 11.8 Å². The molecule has 1 aliphatic carbocycles. The summed E-state index contributed by atoms with van der Waals surface area (Å²) in [5, 5.41) is 2.80. The van der Waals surface area contributed by atoms with Crippen molar-refractivity contribution >= 4 is 28.3 Å². The van der Waals surface area contributed by atoms with Crippen LogP contribution in [0.2, 0.25) is 0 Å². The van der Waals surface area contributed by atoms with E-state index in [1.807, 2.05) is 17.2 Å². The number of nitrogens with zero attached hydrogens (tertiary/aromatic N) is 5. The van der Waals surface area contributed by atoms with Crippen LogP contribution in [0, 0.1) is 11.8 Å². The number of hydrogen-bond acceptors (Lipinski definition) is 6. The van der Waals surface area contributed by atoms with Crippen LogP contribution < -0.4 is 4.90 Å². The first-order valence-electron chi connectivity index (χ1n) is 12.9. The van der Waals surface area contributed by atoms with Crippen LogP contribution in [0.3, 0.4) is 0 Å². The monoisotopic (exact) mass is 475 g/mol. The molecule has 7 nitrogen and oxygen atoms in total. The zero-order valence-corrected chi connectivity index (χ0v) is 21.4. The molecule has 1 aromatic heterocycles. The van der Waals surface area contributed by atoms with E-state index in [4.69, 9.17) is 0 Å². The Kier molecular flexibility index (Phi) is 8.41. The van der Waals surface area contributed by atoms with Crippen LogP contribution in [0.15, 0.2) is 11.6 Å². The SMILES string of the molecule is C[C@@H]1C[C@@H](C)CN(C(=O)CN2CCN([C@H](C)C(=O)N(c3nccs3)C3CCCCC3)CC2)C1. The number of rotatable bonds is 6. The van der Waals surface area contributed by atoms with Crippen molar-refractivity contribution in [3.8, 4) is 0 Å². The predicted molar refractivity (Wildman–Crippen MR) is 133 cm³/mol. The molecule has 3 heterocycles. The number of carbonyl (C=O) groups excluding carboxylic acids is 2. The predicted octanol–water partition coefficient (Wildman–Crippen LogP) is 3.32. The minimum absolute atomic E-state index is 0.169. The summed E-state index contributed by atoms with van der Waals surface area (Å²) >= 11 is 1.56. The lowest BCUT2D eigenvalue weighted by Crippen LogP contribution is -2.57. The fourth-order valence-electron chi connectivity index (χ4n) is 5.93. The lowest BCUT2D eigenvalue weighted by molar-refractivity contribution is -0.136. The quantitative estimate of drug-likeness (QED) is 0.632. The molecule has 1 aromatic rings. The largest absolute Gasteiger partial charge is 0.341 e. The molecule has 1 saturated carbocycles. The highest BCUT2D eigenvalue weighted by Crippen LogP contribution is 2.30. The highest BCUT2D eigenvalue weighted by atomic mass is 32.1. The van der Waals surface area contributed by atoms with Crippen molar-refractivity contribution in [1.29, 1.82) is 0 Å². The Morgan fingerprint density at radius 2 is 1.76 bits per heavy atom. The molecule has 2 amide bonds. The smallest absolute Gasteiger partial charge is 0.246 e. The van der Waals surface area contributed by atoms with E-state index < -0.39 is 0 Å². The number of piperidine rings is 1. The summed E-state index contributed by atoms with van der Waals surface area (Å²) in [5.41, 5.74) is 0. The van der Waals surface area contributed by atoms with Crippen LogP contribution in [-0.2, 0) is 9.59 Å². The van der Waals surface area contributed by atoms with Gasteiger partial charge < -0.3 is 4.90 Å². The lowest BCUT2D eigenvalue weighted by atomic mass is 9.92. The number of piperazine rings is 1. The van der Waals surface area contributed by atoms with E-state index >= 15 is 0 Å². The molecule has 8 heteroatoms. The van der Waals surface area contributed by atoms with Crippen molar-refractivity contribution in [3.63, 3.8) is 0 Å². The molecule has 0 bridgehead atoms. The lowest BCUT2D eigenvalue weighted by Gasteiger charge is -2.41. The molecule has 3 atom stereocenters. The fraction of sp³-hybridized carbons (Fsp3) is 0.800. The second-order valence-electron chi connectivity index (χ2n) is 10.5. The number of hydrogen-bond donors (Lipinski definition) is 0. The third kappa shape index (κ3) is 6.14. The van der Waals surface area contributed by atoms with Crippen molar-refractivity contribution in [1.82, 2.24) is 19.7 Å². The second kappa shape index (κ2) is 11.3. The normalized spacial score (nSPS) is 26.8. The van der Waals surface area contributed by atoms with E-state index in [0.29, 0.717) is 18.4 Å². The van der Waals surface area contributed by atoms with Crippen LogP contribution in [0.25, 0.3) is 0 Å².